The highest BCUT2D eigenvalue weighted by Gasteiger charge is 2.59. The minimum Gasteiger partial charge on any atom is -0.457 e. The van der Waals surface area contributed by atoms with Crippen LogP contribution in [0.15, 0.2) is 36.7 Å². The van der Waals surface area contributed by atoms with Gasteiger partial charge in [0.25, 0.3) is 0 Å². The Hall–Kier alpha value is -2.65. The Morgan fingerprint density at radius 2 is 1.55 bits per heavy atom. The van der Waals surface area contributed by atoms with Crippen LogP contribution in [0.25, 0.3) is 0 Å². The van der Waals surface area contributed by atoms with E-state index in [9.17, 15) is 19.5 Å². The smallest absolute Gasteiger partial charge is 0.338 e. The van der Waals surface area contributed by atoms with Gasteiger partial charge in [-0.15, -0.1) is 24.8 Å². The monoisotopic (exact) mass is 680 g/mol. The Kier molecular flexibility index (Phi) is 9.95. The SMILES string of the molecule is Cc1c(C(O)CN2CC3C(C2)C3C(=O)Nc2ccns2)ccc2c1COC2=O.Cl.Cl.O=C(Nc1ccns1)C1C2CNCC21. The van der Waals surface area contributed by atoms with Crippen LogP contribution >= 0.6 is 47.9 Å². The van der Waals surface area contributed by atoms with E-state index in [2.05, 4.69) is 29.6 Å². The van der Waals surface area contributed by atoms with E-state index in [1.165, 1.54) is 23.1 Å². The number of anilines is 2. The Balaban J connectivity index is 0.000000203. The molecule has 3 aromatic rings. The maximum Gasteiger partial charge on any atom is 0.338 e. The number of hydrogen-bond donors (Lipinski definition) is 4. The number of amides is 2. The van der Waals surface area contributed by atoms with Gasteiger partial charge in [-0.3, -0.25) is 14.5 Å². The molecule has 3 aliphatic heterocycles. The lowest BCUT2D eigenvalue weighted by Gasteiger charge is -2.24. The van der Waals surface area contributed by atoms with Gasteiger partial charge in [-0.05, 0) is 96.1 Å². The number of aliphatic hydroxyl groups is 1. The van der Waals surface area contributed by atoms with Gasteiger partial charge in [-0.2, -0.15) is 8.75 Å². The van der Waals surface area contributed by atoms with Gasteiger partial charge in [0.05, 0.1) is 11.7 Å². The van der Waals surface area contributed by atoms with Crippen LogP contribution in [0, 0.1) is 42.4 Å². The van der Waals surface area contributed by atoms with E-state index in [0.717, 1.165) is 52.9 Å². The molecule has 0 radical (unpaired) electrons. The number of likely N-dealkylation sites (tertiary alicyclic amines) is 1. The van der Waals surface area contributed by atoms with Gasteiger partial charge >= 0.3 is 5.97 Å². The van der Waals surface area contributed by atoms with Crippen LogP contribution in [-0.2, 0) is 20.9 Å². The molecule has 2 aliphatic carbocycles. The van der Waals surface area contributed by atoms with E-state index in [1.807, 2.05) is 19.1 Å². The fourth-order valence-corrected chi connectivity index (χ4v) is 8.01. The zero-order chi connectivity index (χ0) is 29.0. The molecule has 5 aliphatic rings. The van der Waals surface area contributed by atoms with E-state index < -0.39 is 6.10 Å². The lowest BCUT2D eigenvalue weighted by Crippen LogP contribution is -2.31. The summed E-state index contributed by atoms with van der Waals surface area (Å²) in [6, 6.07) is 7.21. The molecule has 0 bridgehead atoms. The number of ether oxygens (including phenoxy) is 1. The van der Waals surface area contributed by atoms with Crippen LogP contribution in [0.4, 0.5) is 10.0 Å². The highest BCUT2D eigenvalue weighted by atomic mass is 35.5. The summed E-state index contributed by atoms with van der Waals surface area (Å²) < 4.78 is 13.0. The molecule has 2 amide bonds. The van der Waals surface area contributed by atoms with Crippen LogP contribution < -0.4 is 16.0 Å². The van der Waals surface area contributed by atoms with Crippen LogP contribution in [0.1, 0.15) is 33.2 Å². The molecule has 2 aromatic heterocycles. The van der Waals surface area contributed by atoms with Crippen LogP contribution in [0.2, 0.25) is 0 Å². The minimum absolute atomic E-state index is 0. The van der Waals surface area contributed by atoms with Gasteiger partial charge in [0.15, 0.2) is 0 Å². The lowest BCUT2D eigenvalue weighted by atomic mass is 9.95. The molecule has 5 atom stereocenters. The second-order valence-corrected chi connectivity index (χ2v) is 13.4. The van der Waals surface area contributed by atoms with Crippen molar-refractivity contribution in [3.8, 4) is 0 Å². The van der Waals surface area contributed by atoms with Gasteiger partial charge in [0.2, 0.25) is 11.8 Å². The second kappa shape index (κ2) is 13.4. The van der Waals surface area contributed by atoms with Crippen molar-refractivity contribution >= 4 is 75.7 Å². The molecular weight excluding hydrogens is 647 g/mol. The molecule has 8 rings (SSSR count). The summed E-state index contributed by atoms with van der Waals surface area (Å²) >= 11 is 2.61. The number of aromatic nitrogens is 2. The number of piperidine rings is 2. The van der Waals surface area contributed by atoms with Gasteiger partial charge in [0, 0.05) is 49.4 Å². The normalized spacial score (nSPS) is 27.6. The summed E-state index contributed by atoms with van der Waals surface area (Å²) in [6.07, 6.45) is 2.76. The number of fused-ring (bicyclic) bond motifs is 3. The van der Waals surface area contributed by atoms with Crippen molar-refractivity contribution in [1.29, 1.82) is 0 Å². The van der Waals surface area contributed by atoms with Crippen molar-refractivity contribution in [2.24, 2.45) is 35.5 Å². The minimum atomic E-state index is -0.622. The fourth-order valence-electron chi connectivity index (χ4n) is 7.00. The van der Waals surface area contributed by atoms with Crippen LogP contribution in [0.5, 0.6) is 0 Å². The van der Waals surface area contributed by atoms with E-state index in [4.69, 9.17) is 4.74 Å². The zero-order valence-electron chi connectivity index (χ0n) is 23.8. The summed E-state index contributed by atoms with van der Waals surface area (Å²) in [5.41, 5.74) is 3.26. The number of nitrogens with zero attached hydrogens (tertiary/aromatic N) is 3. The van der Waals surface area contributed by atoms with Crippen molar-refractivity contribution in [1.82, 2.24) is 19.0 Å². The van der Waals surface area contributed by atoms with Crippen molar-refractivity contribution in [3.63, 3.8) is 0 Å². The third-order valence-corrected chi connectivity index (χ3v) is 10.7. The molecule has 4 fully saturated rings. The van der Waals surface area contributed by atoms with Crippen LogP contribution in [0.3, 0.4) is 0 Å². The quantitative estimate of drug-likeness (QED) is 0.276. The third-order valence-electron chi connectivity index (χ3n) is 9.33. The number of carbonyl (C=O) groups excluding carboxylic acids is 3. The van der Waals surface area contributed by atoms with Gasteiger partial charge < -0.3 is 25.8 Å². The molecule has 4 N–H and O–H groups in total. The highest BCUT2D eigenvalue weighted by Crippen LogP contribution is 2.52. The average Bonchev–Trinajstić information content (AvgIpc) is 3.50. The summed E-state index contributed by atoms with van der Waals surface area (Å²) in [6.45, 7) is 6.41. The van der Waals surface area contributed by atoms with E-state index >= 15 is 0 Å². The number of rotatable bonds is 7. The van der Waals surface area contributed by atoms with E-state index in [1.54, 1.807) is 24.5 Å². The number of aliphatic hydroxyl groups excluding tert-OH is 1. The standard InChI is InChI=1S/C20H21N3O4S.C9H11N3OS.2ClH/c1-10-11(2-3-12-15(10)9-27-20(12)26)16(24)8-23-6-13-14(7-23)18(13)19(25)22-17-4-5-21-28-17;13-9(12-7-1-2-11-14-7)8-5-3-10-4-6(5)8;;/h2-5,13-14,16,18,24H,6-9H2,1H3,(H,22,25);1-2,5-6,8,10H,3-4H2,(H,12,13);2*1H. The summed E-state index contributed by atoms with van der Waals surface area (Å²) in [4.78, 5) is 38.0. The maximum atomic E-state index is 12.4. The number of β-amino-alcohol motifs (C(OH)–C–C–N with tert-alkyl or cyclic N) is 1. The van der Waals surface area contributed by atoms with E-state index in [-0.39, 0.29) is 61.0 Å². The Morgan fingerprint density at radius 1 is 0.977 bits per heavy atom. The number of carbonyl (C=O) groups is 3. The number of hydrogen-bond acceptors (Lipinski definition) is 11. The Labute approximate surface area is 275 Å². The Morgan fingerprint density at radius 3 is 2.09 bits per heavy atom. The van der Waals surface area contributed by atoms with Gasteiger partial charge in [-0.1, -0.05) is 6.07 Å². The first-order valence-corrected chi connectivity index (χ1v) is 15.8. The summed E-state index contributed by atoms with van der Waals surface area (Å²) in [5, 5.41) is 21.5. The molecule has 15 heteroatoms. The summed E-state index contributed by atoms with van der Waals surface area (Å²) in [5.74, 6) is 2.19. The maximum absolute atomic E-state index is 12.4. The van der Waals surface area contributed by atoms with Crippen molar-refractivity contribution < 1.29 is 24.2 Å². The molecule has 5 heterocycles. The predicted octanol–water partition coefficient (Wildman–Crippen LogP) is 3.36. The molecule has 5 unspecified atom stereocenters. The number of esters is 1. The average molecular weight is 682 g/mol. The first-order chi connectivity index (χ1) is 20.4. The van der Waals surface area contributed by atoms with Crippen molar-refractivity contribution in [2.45, 2.75) is 19.6 Å². The number of benzene rings is 1. The first kappa shape index (κ1) is 32.7. The fraction of sp³-hybridized carbons (Fsp3) is 0.483. The molecule has 0 spiro atoms. The molecule has 11 nitrogen and oxygen atoms in total. The van der Waals surface area contributed by atoms with Crippen LogP contribution in [-0.4, -0.2) is 69.3 Å². The third kappa shape index (κ3) is 6.37. The molecular formula is C29H34Cl2N6O5S2. The second-order valence-electron chi connectivity index (χ2n) is 11.7. The number of nitrogens with one attached hydrogen (secondary N) is 3. The molecule has 2 saturated heterocycles. The number of halogens is 2. The van der Waals surface area contributed by atoms with Crippen molar-refractivity contribution in [2.75, 3.05) is 43.4 Å². The lowest BCUT2D eigenvalue weighted by molar-refractivity contribution is -0.118. The molecule has 44 heavy (non-hydrogen) atoms. The largest absolute Gasteiger partial charge is 0.457 e. The topological polar surface area (TPSA) is 146 Å². The number of cyclic esters (lactones) is 1. The Bertz CT molecular complexity index is 1490. The first-order valence-electron chi connectivity index (χ1n) is 14.2. The molecule has 236 valence electrons. The zero-order valence-corrected chi connectivity index (χ0v) is 27.1. The van der Waals surface area contributed by atoms with Gasteiger partial charge in [0.1, 0.15) is 16.6 Å². The predicted molar refractivity (Wildman–Crippen MR) is 171 cm³/mol. The van der Waals surface area contributed by atoms with Gasteiger partial charge in [-0.25, -0.2) is 4.79 Å². The van der Waals surface area contributed by atoms with Crippen molar-refractivity contribution in [3.05, 3.63) is 58.9 Å². The molecule has 1 aromatic carbocycles. The summed E-state index contributed by atoms with van der Waals surface area (Å²) in [7, 11) is 0. The highest BCUT2D eigenvalue weighted by molar-refractivity contribution is 7.10. The van der Waals surface area contributed by atoms with E-state index in [0.29, 0.717) is 35.8 Å². The molecule has 2 saturated carbocycles.